The van der Waals surface area contributed by atoms with E-state index < -0.39 is 0 Å². The summed E-state index contributed by atoms with van der Waals surface area (Å²) in [5.74, 6) is 0. The van der Waals surface area contributed by atoms with E-state index in [-0.39, 0.29) is 0 Å². The summed E-state index contributed by atoms with van der Waals surface area (Å²) in [7, 11) is 0. The molecule has 0 spiro atoms. The van der Waals surface area contributed by atoms with Gasteiger partial charge in [-0.3, -0.25) is 0 Å². The lowest BCUT2D eigenvalue weighted by molar-refractivity contribution is 0.422. The van der Waals surface area contributed by atoms with E-state index in [2.05, 4.69) is 26.9 Å². The Labute approximate surface area is 71.4 Å². The Morgan fingerprint density at radius 3 is 3.17 bits per heavy atom. The smallest absolute Gasteiger partial charge is 0.197 e. The van der Waals surface area contributed by atoms with E-state index in [9.17, 15) is 0 Å². The predicted molar refractivity (Wildman–Crippen MR) is 44.5 cm³/mol. The van der Waals surface area contributed by atoms with E-state index in [4.69, 9.17) is 0 Å². The Morgan fingerprint density at radius 1 is 1.50 bits per heavy atom. The summed E-state index contributed by atoms with van der Waals surface area (Å²) < 4.78 is 0. The molecule has 4 nitrogen and oxygen atoms in total. The van der Waals surface area contributed by atoms with Gasteiger partial charge < -0.3 is 10.6 Å². The first-order chi connectivity index (χ1) is 5.97. The molecule has 1 fully saturated rings. The summed E-state index contributed by atoms with van der Waals surface area (Å²) in [5, 5.41) is 6.66. The molecule has 1 unspecified atom stereocenters. The van der Waals surface area contributed by atoms with E-state index in [1.165, 1.54) is 0 Å². The molecule has 1 aromatic heterocycles. The zero-order valence-electron chi connectivity index (χ0n) is 6.75. The number of nitrogens with one attached hydrogen (secondary N) is 2. The molecule has 1 radical (unpaired) electrons. The standard InChI is InChI=1S/C8H11N4/c1-2-10-6-12-7(1)8-5-9-3-4-11-8/h1-2,8-9,11H,3-5H2. The summed E-state index contributed by atoms with van der Waals surface area (Å²) in [5.41, 5.74) is 1.01. The van der Waals surface area contributed by atoms with Crippen LogP contribution in [0.5, 0.6) is 0 Å². The maximum atomic E-state index is 4.06. The molecule has 1 aliphatic heterocycles. The lowest BCUT2D eigenvalue weighted by Gasteiger charge is -2.23. The average molecular weight is 163 g/mol. The molecule has 0 aliphatic carbocycles. The number of nitrogens with zero attached hydrogens (tertiary/aromatic N) is 2. The second-order valence-corrected chi connectivity index (χ2v) is 2.79. The summed E-state index contributed by atoms with van der Waals surface area (Å²) >= 11 is 0. The molecule has 1 atom stereocenters. The third-order valence-electron chi connectivity index (χ3n) is 1.95. The fraction of sp³-hybridized carbons (Fsp3) is 0.500. The second kappa shape index (κ2) is 3.60. The van der Waals surface area contributed by atoms with E-state index in [1.54, 1.807) is 6.20 Å². The van der Waals surface area contributed by atoms with Gasteiger partial charge in [0.05, 0.1) is 11.7 Å². The molecule has 12 heavy (non-hydrogen) atoms. The maximum absolute atomic E-state index is 4.06. The minimum Gasteiger partial charge on any atom is -0.314 e. The van der Waals surface area contributed by atoms with Crippen molar-refractivity contribution in [1.82, 2.24) is 20.6 Å². The van der Waals surface area contributed by atoms with Crippen molar-refractivity contribution in [3.05, 3.63) is 24.3 Å². The molecule has 0 amide bonds. The Hall–Kier alpha value is -1.00. The third kappa shape index (κ3) is 1.60. The average Bonchev–Trinajstić information content (AvgIpc) is 2.21. The zero-order chi connectivity index (χ0) is 8.23. The summed E-state index contributed by atoms with van der Waals surface area (Å²) in [6, 6.07) is 2.24. The quantitative estimate of drug-likeness (QED) is 0.586. The predicted octanol–water partition coefficient (Wildman–Crippen LogP) is -0.489. The lowest BCUT2D eigenvalue weighted by Crippen LogP contribution is -2.42. The number of rotatable bonds is 1. The first kappa shape index (κ1) is 7.64. The van der Waals surface area contributed by atoms with Crippen molar-refractivity contribution in [1.29, 1.82) is 0 Å². The number of hydrogen-bond donors (Lipinski definition) is 2. The van der Waals surface area contributed by atoms with Gasteiger partial charge in [0.25, 0.3) is 0 Å². The monoisotopic (exact) mass is 163 g/mol. The zero-order valence-corrected chi connectivity index (χ0v) is 6.75. The van der Waals surface area contributed by atoms with Gasteiger partial charge >= 0.3 is 0 Å². The molecular weight excluding hydrogens is 152 g/mol. The Bertz CT molecular complexity index is 230. The number of piperazine rings is 1. The fourth-order valence-corrected chi connectivity index (χ4v) is 1.33. The van der Waals surface area contributed by atoms with Crippen LogP contribution >= 0.6 is 0 Å². The SMILES string of the molecule is [c]1nccc(C2CNCCN2)n1. The van der Waals surface area contributed by atoms with Crippen LogP contribution in [0.1, 0.15) is 11.7 Å². The van der Waals surface area contributed by atoms with Crippen LogP contribution in [0.15, 0.2) is 12.3 Å². The minimum absolute atomic E-state index is 0.318. The van der Waals surface area contributed by atoms with Gasteiger partial charge in [-0.2, -0.15) is 0 Å². The molecule has 2 rings (SSSR count). The van der Waals surface area contributed by atoms with Crippen LogP contribution in [0.3, 0.4) is 0 Å². The Balaban J connectivity index is 2.08. The van der Waals surface area contributed by atoms with E-state index in [1.807, 2.05) is 6.07 Å². The van der Waals surface area contributed by atoms with E-state index >= 15 is 0 Å². The van der Waals surface area contributed by atoms with Gasteiger partial charge in [0, 0.05) is 25.8 Å². The van der Waals surface area contributed by atoms with Crippen molar-refractivity contribution in [2.24, 2.45) is 0 Å². The highest BCUT2D eigenvalue weighted by Crippen LogP contribution is 2.08. The fourth-order valence-electron chi connectivity index (χ4n) is 1.33. The molecular formula is C8H11N4. The largest absolute Gasteiger partial charge is 0.314 e. The van der Waals surface area contributed by atoms with E-state index in [0.29, 0.717) is 6.04 Å². The summed E-state index contributed by atoms with van der Waals surface area (Å²) in [4.78, 5) is 7.82. The Kier molecular flexibility index (Phi) is 2.29. The maximum Gasteiger partial charge on any atom is 0.197 e. The van der Waals surface area contributed by atoms with Crippen molar-refractivity contribution in [2.45, 2.75) is 6.04 Å². The molecule has 2 N–H and O–H groups in total. The molecule has 1 aliphatic rings. The van der Waals surface area contributed by atoms with Crippen LogP contribution in [-0.2, 0) is 0 Å². The number of aromatic nitrogens is 2. The molecule has 63 valence electrons. The van der Waals surface area contributed by atoms with Gasteiger partial charge in [-0.1, -0.05) is 0 Å². The van der Waals surface area contributed by atoms with Crippen LogP contribution in [0.25, 0.3) is 0 Å². The first-order valence-electron chi connectivity index (χ1n) is 4.10. The van der Waals surface area contributed by atoms with Gasteiger partial charge in [0.1, 0.15) is 0 Å². The van der Waals surface area contributed by atoms with Gasteiger partial charge in [0.15, 0.2) is 6.33 Å². The normalized spacial score (nSPS) is 23.8. The van der Waals surface area contributed by atoms with Crippen molar-refractivity contribution in [3.63, 3.8) is 0 Å². The summed E-state index contributed by atoms with van der Waals surface area (Å²) in [6.45, 7) is 2.96. The highest BCUT2D eigenvalue weighted by molar-refractivity contribution is 5.05. The van der Waals surface area contributed by atoms with E-state index in [0.717, 1.165) is 25.3 Å². The van der Waals surface area contributed by atoms with Crippen LogP contribution < -0.4 is 10.6 Å². The molecule has 2 heterocycles. The third-order valence-corrected chi connectivity index (χ3v) is 1.95. The van der Waals surface area contributed by atoms with Gasteiger partial charge in [0.2, 0.25) is 0 Å². The molecule has 0 saturated carbocycles. The first-order valence-corrected chi connectivity index (χ1v) is 4.10. The van der Waals surface area contributed by atoms with Crippen LogP contribution in [0, 0.1) is 6.33 Å². The van der Waals surface area contributed by atoms with Crippen LogP contribution in [0.4, 0.5) is 0 Å². The van der Waals surface area contributed by atoms with Crippen LogP contribution in [-0.4, -0.2) is 29.6 Å². The Morgan fingerprint density at radius 2 is 2.50 bits per heavy atom. The van der Waals surface area contributed by atoms with Gasteiger partial charge in [-0.05, 0) is 6.07 Å². The van der Waals surface area contributed by atoms with Crippen LogP contribution in [0.2, 0.25) is 0 Å². The molecule has 1 saturated heterocycles. The van der Waals surface area contributed by atoms with Crippen molar-refractivity contribution >= 4 is 0 Å². The summed E-state index contributed by atoms with van der Waals surface area (Å²) in [6.07, 6.45) is 4.31. The molecule has 0 bridgehead atoms. The minimum atomic E-state index is 0.318. The van der Waals surface area contributed by atoms with Crippen molar-refractivity contribution in [3.8, 4) is 0 Å². The highest BCUT2D eigenvalue weighted by Gasteiger charge is 2.14. The number of hydrogen-bond acceptors (Lipinski definition) is 4. The molecule has 4 heteroatoms. The van der Waals surface area contributed by atoms with Crippen molar-refractivity contribution in [2.75, 3.05) is 19.6 Å². The van der Waals surface area contributed by atoms with Crippen molar-refractivity contribution < 1.29 is 0 Å². The lowest BCUT2D eigenvalue weighted by atomic mass is 10.1. The molecule has 1 aromatic rings. The van der Waals surface area contributed by atoms with Gasteiger partial charge in [-0.25, -0.2) is 9.97 Å². The topological polar surface area (TPSA) is 49.8 Å². The van der Waals surface area contributed by atoms with Gasteiger partial charge in [-0.15, -0.1) is 0 Å². The highest BCUT2D eigenvalue weighted by atomic mass is 15.1. The second-order valence-electron chi connectivity index (χ2n) is 2.79. The molecule has 0 aromatic carbocycles.